The molecule has 130 valence electrons. The van der Waals surface area contributed by atoms with Crippen molar-refractivity contribution >= 4 is 10.0 Å². The molecule has 0 saturated heterocycles. The summed E-state index contributed by atoms with van der Waals surface area (Å²) in [5.74, 6) is 0.876. The van der Waals surface area contributed by atoms with Gasteiger partial charge in [0.2, 0.25) is 10.0 Å². The highest BCUT2D eigenvalue weighted by Gasteiger charge is 2.13. The molecule has 0 bridgehead atoms. The number of hydrogen-bond acceptors (Lipinski definition) is 4. The normalized spacial score (nSPS) is 11.6. The molecule has 24 heavy (non-hydrogen) atoms. The van der Waals surface area contributed by atoms with Crippen molar-refractivity contribution in [1.82, 2.24) is 4.72 Å². The van der Waals surface area contributed by atoms with Crippen LogP contribution in [0, 0.1) is 0 Å². The summed E-state index contributed by atoms with van der Waals surface area (Å²) in [5, 5.41) is 9.23. The molecule has 0 heterocycles. The number of phenols is 1. The summed E-state index contributed by atoms with van der Waals surface area (Å²) in [7, 11) is -3.51. The van der Waals surface area contributed by atoms with Gasteiger partial charge >= 0.3 is 0 Å². The van der Waals surface area contributed by atoms with E-state index in [1.54, 1.807) is 36.4 Å². The quantitative estimate of drug-likeness (QED) is 0.718. The van der Waals surface area contributed by atoms with Crippen molar-refractivity contribution in [3.63, 3.8) is 0 Å². The topological polar surface area (TPSA) is 75.6 Å². The number of hydrogen-bond donors (Lipinski definition) is 2. The molecule has 0 atom stereocenters. The third-order valence-electron chi connectivity index (χ3n) is 3.38. The molecule has 0 spiro atoms. The highest BCUT2D eigenvalue weighted by atomic mass is 32.2. The lowest BCUT2D eigenvalue weighted by Gasteiger charge is -2.11. The zero-order chi connectivity index (χ0) is 17.6. The first-order chi connectivity index (χ1) is 11.4. The van der Waals surface area contributed by atoms with Crippen molar-refractivity contribution in [2.75, 3.05) is 6.54 Å². The molecule has 2 aromatic rings. The summed E-state index contributed by atoms with van der Waals surface area (Å²) in [6, 6.07) is 13.3. The minimum atomic E-state index is -3.51. The van der Waals surface area contributed by atoms with Crippen LogP contribution in [0.3, 0.4) is 0 Å². The molecule has 6 heteroatoms. The Bertz CT molecular complexity index is 738. The van der Waals surface area contributed by atoms with E-state index < -0.39 is 10.0 Å². The highest BCUT2D eigenvalue weighted by Crippen LogP contribution is 2.17. The van der Waals surface area contributed by atoms with Crippen LogP contribution in [0.15, 0.2) is 53.4 Å². The van der Waals surface area contributed by atoms with Gasteiger partial charge in [-0.25, -0.2) is 13.1 Å². The Balaban J connectivity index is 1.85. The van der Waals surface area contributed by atoms with Crippen LogP contribution in [-0.2, 0) is 16.4 Å². The fraction of sp³-hybridized carbons (Fsp3) is 0.333. The van der Waals surface area contributed by atoms with Crippen molar-refractivity contribution in [1.29, 1.82) is 0 Å². The van der Waals surface area contributed by atoms with Crippen LogP contribution in [0.1, 0.15) is 25.8 Å². The summed E-state index contributed by atoms with van der Waals surface area (Å²) < 4.78 is 32.6. The van der Waals surface area contributed by atoms with Gasteiger partial charge in [0.25, 0.3) is 0 Å². The first-order valence-electron chi connectivity index (χ1n) is 7.91. The molecular weight excluding hydrogens is 326 g/mol. The third-order valence-corrected chi connectivity index (χ3v) is 4.85. The molecule has 2 rings (SSSR count). The van der Waals surface area contributed by atoms with E-state index in [1.807, 2.05) is 26.0 Å². The number of aryl methyl sites for hydroxylation is 1. The zero-order valence-electron chi connectivity index (χ0n) is 13.9. The van der Waals surface area contributed by atoms with Gasteiger partial charge in [-0.15, -0.1) is 0 Å². The van der Waals surface area contributed by atoms with Crippen molar-refractivity contribution in [2.24, 2.45) is 0 Å². The number of benzene rings is 2. The Morgan fingerprint density at radius 2 is 1.67 bits per heavy atom. The molecule has 0 fully saturated rings. The van der Waals surface area contributed by atoms with Crippen molar-refractivity contribution in [3.05, 3.63) is 54.1 Å². The van der Waals surface area contributed by atoms with Crippen LogP contribution < -0.4 is 9.46 Å². The van der Waals surface area contributed by atoms with E-state index in [0.29, 0.717) is 18.7 Å². The van der Waals surface area contributed by atoms with E-state index in [4.69, 9.17) is 4.74 Å². The third kappa shape index (κ3) is 5.54. The lowest BCUT2D eigenvalue weighted by molar-refractivity contribution is 0.242. The van der Waals surface area contributed by atoms with E-state index in [2.05, 4.69) is 4.72 Å². The van der Waals surface area contributed by atoms with Gasteiger partial charge in [0.15, 0.2) is 0 Å². The van der Waals surface area contributed by atoms with Gasteiger partial charge in [-0.3, -0.25) is 0 Å². The lowest BCUT2D eigenvalue weighted by atomic mass is 10.1. The Hall–Kier alpha value is -2.05. The zero-order valence-corrected chi connectivity index (χ0v) is 14.7. The number of nitrogens with one attached hydrogen (secondary N) is 1. The fourth-order valence-electron chi connectivity index (χ4n) is 2.21. The van der Waals surface area contributed by atoms with Crippen LogP contribution in [0.5, 0.6) is 11.5 Å². The smallest absolute Gasteiger partial charge is 0.240 e. The molecule has 0 aliphatic carbocycles. The molecule has 0 aromatic heterocycles. The maximum Gasteiger partial charge on any atom is 0.240 e. The minimum Gasteiger partial charge on any atom is -0.508 e. The van der Waals surface area contributed by atoms with Gasteiger partial charge in [-0.05, 0) is 68.7 Å². The summed E-state index contributed by atoms with van der Waals surface area (Å²) in [5.41, 5.74) is 1.06. The Labute approximate surface area is 143 Å². The monoisotopic (exact) mass is 349 g/mol. The SMILES string of the molecule is CC(C)Oc1ccc(S(=O)(=O)NCCCc2ccc(O)cc2)cc1. The Morgan fingerprint density at radius 1 is 1.04 bits per heavy atom. The molecule has 0 aliphatic heterocycles. The second-order valence-corrected chi connectivity index (χ2v) is 7.57. The fourth-order valence-corrected chi connectivity index (χ4v) is 3.29. The van der Waals surface area contributed by atoms with Crippen LogP contribution in [-0.4, -0.2) is 26.2 Å². The summed E-state index contributed by atoms with van der Waals surface area (Å²) in [6.07, 6.45) is 1.47. The molecule has 2 N–H and O–H groups in total. The minimum absolute atomic E-state index is 0.0467. The van der Waals surface area contributed by atoms with Crippen molar-refractivity contribution in [2.45, 2.75) is 37.7 Å². The molecule has 0 unspecified atom stereocenters. The van der Waals surface area contributed by atoms with Gasteiger partial charge in [-0.2, -0.15) is 0 Å². The van der Waals surface area contributed by atoms with Gasteiger partial charge in [0.1, 0.15) is 11.5 Å². The van der Waals surface area contributed by atoms with Crippen LogP contribution in [0.25, 0.3) is 0 Å². The second kappa shape index (κ2) is 8.17. The first-order valence-corrected chi connectivity index (χ1v) is 9.39. The van der Waals surface area contributed by atoms with E-state index in [-0.39, 0.29) is 16.7 Å². The van der Waals surface area contributed by atoms with Crippen LogP contribution in [0.2, 0.25) is 0 Å². The molecular formula is C18H23NO4S. The van der Waals surface area contributed by atoms with Gasteiger partial charge in [0.05, 0.1) is 11.0 Å². The maximum atomic E-state index is 12.2. The van der Waals surface area contributed by atoms with Gasteiger partial charge in [-0.1, -0.05) is 12.1 Å². The average molecular weight is 349 g/mol. The summed E-state index contributed by atoms with van der Waals surface area (Å²) in [6.45, 7) is 4.19. The van der Waals surface area contributed by atoms with Crippen molar-refractivity contribution < 1.29 is 18.3 Å². The van der Waals surface area contributed by atoms with E-state index in [9.17, 15) is 13.5 Å². The average Bonchev–Trinajstić information content (AvgIpc) is 2.53. The second-order valence-electron chi connectivity index (χ2n) is 5.81. The predicted octanol–water partition coefficient (Wildman–Crippen LogP) is 3.09. The number of aromatic hydroxyl groups is 1. The summed E-state index contributed by atoms with van der Waals surface area (Å²) >= 11 is 0. The summed E-state index contributed by atoms with van der Waals surface area (Å²) in [4.78, 5) is 0.225. The van der Waals surface area contributed by atoms with Crippen LogP contribution >= 0.6 is 0 Å². The largest absolute Gasteiger partial charge is 0.508 e. The number of phenolic OH excluding ortho intramolecular Hbond substituents is 1. The number of sulfonamides is 1. The van der Waals surface area contributed by atoms with E-state index in [1.165, 1.54) is 0 Å². The predicted molar refractivity (Wildman–Crippen MR) is 93.8 cm³/mol. The molecule has 0 saturated carbocycles. The lowest BCUT2D eigenvalue weighted by Crippen LogP contribution is -2.25. The first kappa shape index (κ1) is 18.3. The maximum absolute atomic E-state index is 12.2. The molecule has 2 aromatic carbocycles. The number of rotatable bonds is 8. The van der Waals surface area contributed by atoms with E-state index >= 15 is 0 Å². The Kier molecular flexibility index (Phi) is 6.23. The van der Waals surface area contributed by atoms with Gasteiger partial charge in [0, 0.05) is 6.54 Å². The van der Waals surface area contributed by atoms with Crippen LogP contribution in [0.4, 0.5) is 0 Å². The Morgan fingerprint density at radius 3 is 2.25 bits per heavy atom. The molecule has 5 nitrogen and oxygen atoms in total. The standard InChI is InChI=1S/C18H23NO4S/c1-14(2)23-17-9-11-18(12-10-17)24(21,22)19-13-3-4-15-5-7-16(20)8-6-15/h5-12,14,19-20H,3-4,13H2,1-2H3. The molecule has 0 amide bonds. The van der Waals surface area contributed by atoms with Crippen molar-refractivity contribution in [3.8, 4) is 11.5 Å². The highest BCUT2D eigenvalue weighted by molar-refractivity contribution is 7.89. The van der Waals surface area contributed by atoms with Gasteiger partial charge < -0.3 is 9.84 Å². The number of ether oxygens (including phenoxy) is 1. The van der Waals surface area contributed by atoms with E-state index in [0.717, 1.165) is 12.0 Å². The molecule has 0 radical (unpaired) electrons. The molecule has 0 aliphatic rings.